The second-order valence-corrected chi connectivity index (χ2v) is 7.81. The van der Waals surface area contributed by atoms with Crippen LogP contribution in [0.4, 0.5) is 5.69 Å². The van der Waals surface area contributed by atoms with Crippen LogP contribution >= 0.6 is 0 Å². The average Bonchev–Trinajstić information content (AvgIpc) is 3.41. The van der Waals surface area contributed by atoms with Crippen molar-refractivity contribution in [2.24, 2.45) is 0 Å². The molecular formula is C25H29N3O3. The zero-order valence-corrected chi connectivity index (χ0v) is 18.4. The first-order valence-corrected chi connectivity index (χ1v) is 10.6. The Bertz CT molecular complexity index is 1060. The van der Waals surface area contributed by atoms with E-state index in [1.54, 1.807) is 19.4 Å². The zero-order chi connectivity index (χ0) is 21.8. The van der Waals surface area contributed by atoms with Crippen LogP contribution in [0.1, 0.15) is 22.7 Å². The minimum atomic E-state index is 0.0514. The van der Waals surface area contributed by atoms with Gasteiger partial charge >= 0.3 is 0 Å². The molecule has 0 bridgehead atoms. The van der Waals surface area contributed by atoms with E-state index in [9.17, 15) is 4.79 Å². The number of carbonyl (C=O) groups is 1. The number of hydrogen-bond acceptors (Lipinski definition) is 4. The van der Waals surface area contributed by atoms with Gasteiger partial charge in [0.15, 0.2) is 0 Å². The van der Waals surface area contributed by atoms with Gasteiger partial charge in [-0.1, -0.05) is 12.1 Å². The van der Waals surface area contributed by atoms with E-state index in [0.29, 0.717) is 19.6 Å². The summed E-state index contributed by atoms with van der Waals surface area (Å²) in [6, 6.07) is 14.0. The lowest BCUT2D eigenvalue weighted by atomic mass is 10.2. The van der Waals surface area contributed by atoms with Crippen molar-refractivity contribution < 1.29 is 13.9 Å². The van der Waals surface area contributed by atoms with Gasteiger partial charge in [0, 0.05) is 43.6 Å². The maximum absolute atomic E-state index is 12.8. The number of para-hydroxylation sites is 2. The minimum Gasteiger partial charge on any atom is -0.495 e. The van der Waals surface area contributed by atoms with Crippen LogP contribution in [0.15, 0.2) is 59.2 Å². The van der Waals surface area contributed by atoms with E-state index >= 15 is 0 Å². The number of furan rings is 1. The van der Waals surface area contributed by atoms with Crippen molar-refractivity contribution in [1.82, 2.24) is 9.47 Å². The Hall–Kier alpha value is -3.41. The molecular weight excluding hydrogens is 390 g/mol. The number of carbonyl (C=O) groups excluding carboxylic acids is 1. The Labute approximate surface area is 183 Å². The number of ether oxygens (including phenoxy) is 1. The molecule has 6 heteroatoms. The molecule has 1 aliphatic heterocycles. The molecule has 0 spiro atoms. The summed E-state index contributed by atoms with van der Waals surface area (Å²) in [5.41, 5.74) is 4.41. The van der Waals surface area contributed by atoms with Crippen LogP contribution in [0, 0.1) is 13.8 Å². The Morgan fingerprint density at radius 1 is 1.10 bits per heavy atom. The quantitative estimate of drug-likeness (QED) is 0.564. The van der Waals surface area contributed by atoms with Gasteiger partial charge in [0.1, 0.15) is 11.5 Å². The number of anilines is 1. The molecule has 3 heterocycles. The highest BCUT2D eigenvalue weighted by molar-refractivity contribution is 5.92. The maximum Gasteiger partial charge on any atom is 0.246 e. The normalized spacial score (nSPS) is 14.4. The standard InChI is InChI=1S/C25H29N3O3/c1-19-17-21(20(2)28(19)18-22-7-6-16-31-22)10-11-25(29)27-14-12-26(13-15-27)23-8-4-5-9-24(23)30-3/h4-11,16-17H,12-15,18H2,1-3H3/b11-10+. The van der Waals surface area contributed by atoms with Gasteiger partial charge in [0.2, 0.25) is 5.91 Å². The number of piperazine rings is 1. The second-order valence-electron chi connectivity index (χ2n) is 7.81. The summed E-state index contributed by atoms with van der Waals surface area (Å²) in [4.78, 5) is 17.0. The van der Waals surface area contributed by atoms with E-state index in [1.807, 2.05) is 41.3 Å². The summed E-state index contributed by atoms with van der Waals surface area (Å²) < 4.78 is 13.2. The molecule has 0 atom stereocenters. The molecule has 3 aromatic rings. The summed E-state index contributed by atoms with van der Waals surface area (Å²) >= 11 is 0. The molecule has 1 aliphatic rings. The fourth-order valence-electron chi connectivity index (χ4n) is 4.12. The van der Waals surface area contributed by atoms with E-state index in [2.05, 4.69) is 35.4 Å². The van der Waals surface area contributed by atoms with Gasteiger partial charge < -0.3 is 23.5 Å². The zero-order valence-electron chi connectivity index (χ0n) is 18.4. The van der Waals surface area contributed by atoms with Crippen molar-refractivity contribution in [3.05, 3.63) is 77.5 Å². The first-order chi connectivity index (χ1) is 15.1. The molecule has 31 heavy (non-hydrogen) atoms. The summed E-state index contributed by atoms with van der Waals surface area (Å²) in [5, 5.41) is 0. The lowest BCUT2D eigenvalue weighted by Crippen LogP contribution is -2.48. The molecule has 1 amide bonds. The molecule has 1 aromatic carbocycles. The van der Waals surface area contributed by atoms with Crippen molar-refractivity contribution in [1.29, 1.82) is 0 Å². The van der Waals surface area contributed by atoms with Gasteiger partial charge in [-0.25, -0.2) is 0 Å². The molecule has 2 aromatic heterocycles. The van der Waals surface area contributed by atoms with Crippen LogP contribution in [-0.2, 0) is 11.3 Å². The van der Waals surface area contributed by atoms with Gasteiger partial charge in [0.05, 0.1) is 25.6 Å². The maximum atomic E-state index is 12.8. The molecule has 1 saturated heterocycles. The van der Waals surface area contributed by atoms with Crippen LogP contribution in [0.3, 0.4) is 0 Å². The Morgan fingerprint density at radius 2 is 1.87 bits per heavy atom. The first kappa shape index (κ1) is 20.8. The predicted molar refractivity (Wildman–Crippen MR) is 123 cm³/mol. The number of hydrogen-bond donors (Lipinski definition) is 0. The van der Waals surface area contributed by atoms with Crippen LogP contribution in [0.5, 0.6) is 5.75 Å². The average molecular weight is 420 g/mol. The molecule has 0 N–H and O–H groups in total. The van der Waals surface area contributed by atoms with Crippen molar-refractivity contribution >= 4 is 17.7 Å². The molecule has 0 aliphatic carbocycles. The van der Waals surface area contributed by atoms with Crippen LogP contribution in [0.2, 0.25) is 0 Å². The number of nitrogens with zero attached hydrogens (tertiary/aromatic N) is 3. The monoisotopic (exact) mass is 419 g/mol. The highest BCUT2D eigenvalue weighted by Gasteiger charge is 2.21. The fourth-order valence-corrected chi connectivity index (χ4v) is 4.12. The van der Waals surface area contributed by atoms with E-state index in [4.69, 9.17) is 9.15 Å². The van der Waals surface area contributed by atoms with Gasteiger partial charge in [-0.05, 0) is 55.8 Å². The molecule has 4 rings (SSSR count). The highest BCUT2D eigenvalue weighted by Crippen LogP contribution is 2.28. The van der Waals surface area contributed by atoms with Gasteiger partial charge in [-0.15, -0.1) is 0 Å². The molecule has 0 unspecified atom stereocenters. The highest BCUT2D eigenvalue weighted by atomic mass is 16.5. The third-order valence-corrected chi connectivity index (χ3v) is 5.93. The Morgan fingerprint density at radius 3 is 2.58 bits per heavy atom. The van der Waals surface area contributed by atoms with E-state index in [-0.39, 0.29) is 5.91 Å². The van der Waals surface area contributed by atoms with Crippen molar-refractivity contribution in [3.8, 4) is 5.75 Å². The van der Waals surface area contributed by atoms with E-state index < -0.39 is 0 Å². The third-order valence-electron chi connectivity index (χ3n) is 5.93. The van der Waals surface area contributed by atoms with E-state index in [0.717, 1.165) is 47.2 Å². The number of rotatable bonds is 6. The summed E-state index contributed by atoms with van der Waals surface area (Å²) in [7, 11) is 1.69. The molecule has 162 valence electrons. The minimum absolute atomic E-state index is 0.0514. The number of benzene rings is 1. The number of aryl methyl sites for hydroxylation is 1. The largest absolute Gasteiger partial charge is 0.495 e. The number of aromatic nitrogens is 1. The van der Waals surface area contributed by atoms with Crippen LogP contribution < -0.4 is 9.64 Å². The van der Waals surface area contributed by atoms with Crippen molar-refractivity contribution in [2.45, 2.75) is 20.4 Å². The predicted octanol–water partition coefficient (Wildman–Crippen LogP) is 4.12. The summed E-state index contributed by atoms with van der Waals surface area (Å²) in [6.07, 6.45) is 5.31. The summed E-state index contributed by atoms with van der Waals surface area (Å²) in [6.45, 7) is 7.81. The SMILES string of the molecule is COc1ccccc1N1CCN(C(=O)/C=C/c2cc(C)n(Cc3ccco3)c2C)CC1. The topological polar surface area (TPSA) is 50.9 Å². The van der Waals surface area contributed by atoms with Crippen LogP contribution in [-0.4, -0.2) is 48.7 Å². The van der Waals surface area contributed by atoms with E-state index in [1.165, 1.54) is 0 Å². The molecule has 6 nitrogen and oxygen atoms in total. The Balaban J connectivity index is 1.38. The van der Waals surface area contributed by atoms with Gasteiger partial charge in [-0.3, -0.25) is 4.79 Å². The molecule has 0 radical (unpaired) electrons. The first-order valence-electron chi connectivity index (χ1n) is 10.6. The Kier molecular flexibility index (Phi) is 6.16. The smallest absolute Gasteiger partial charge is 0.246 e. The summed E-state index contributed by atoms with van der Waals surface area (Å²) in [5.74, 6) is 1.84. The second kappa shape index (κ2) is 9.16. The van der Waals surface area contributed by atoms with Crippen LogP contribution in [0.25, 0.3) is 6.08 Å². The molecule has 1 fully saturated rings. The number of amides is 1. The van der Waals surface area contributed by atoms with Gasteiger partial charge in [0.25, 0.3) is 0 Å². The number of methoxy groups -OCH3 is 1. The third kappa shape index (κ3) is 4.53. The van der Waals surface area contributed by atoms with Crippen molar-refractivity contribution in [2.75, 3.05) is 38.2 Å². The molecule has 0 saturated carbocycles. The van der Waals surface area contributed by atoms with Gasteiger partial charge in [-0.2, -0.15) is 0 Å². The lowest BCUT2D eigenvalue weighted by Gasteiger charge is -2.36. The lowest BCUT2D eigenvalue weighted by molar-refractivity contribution is -0.126. The fraction of sp³-hybridized carbons (Fsp3) is 0.320. The van der Waals surface area contributed by atoms with Crippen molar-refractivity contribution in [3.63, 3.8) is 0 Å².